The second kappa shape index (κ2) is 4.23. The fraction of sp³-hybridized carbons (Fsp3) is 0.455. The quantitative estimate of drug-likeness (QED) is 0.737. The monoisotopic (exact) mass is 224 g/mol. The molecule has 0 bridgehead atoms. The molecule has 1 N–H and O–H groups in total. The minimum Gasteiger partial charge on any atom is -0.480 e. The van der Waals surface area contributed by atoms with E-state index in [9.17, 15) is 9.59 Å². The van der Waals surface area contributed by atoms with Gasteiger partial charge in [-0.1, -0.05) is 12.2 Å². The first-order valence-electron chi connectivity index (χ1n) is 4.94. The third kappa shape index (κ3) is 2.15. The van der Waals surface area contributed by atoms with Crippen LogP contribution in [-0.2, 0) is 9.59 Å². The predicted octanol–water partition coefficient (Wildman–Crippen LogP) is 1.79. The first-order chi connectivity index (χ1) is 7.18. The number of aliphatic carboxylic acids is 1. The van der Waals surface area contributed by atoms with Crippen molar-refractivity contribution in [3.8, 4) is 0 Å². The van der Waals surface area contributed by atoms with Crippen molar-refractivity contribution in [1.29, 1.82) is 0 Å². The fourth-order valence-electron chi connectivity index (χ4n) is 1.90. The highest BCUT2D eigenvalue weighted by atomic mass is 32.2. The Kier molecular flexibility index (Phi) is 2.95. The van der Waals surface area contributed by atoms with Gasteiger partial charge in [-0.05, 0) is 30.4 Å². The van der Waals surface area contributed by atoms with Crippen LogP contribution in [0, 0.1) is 0 Å². The Balaban J connectivity index is 2.28. The van der Waals surface area contributed by atoms with Gasteiger partial charge < -0.3 is 5.11 Å². The zero-order chi connectivity index (χ0) is 10.8. The molecular weight excluding hydrogens is 212 g/mol. The number of hydrogen-bond acceptors (Lipinski definition) is 3. The number of ketones is 1. The molecule has 0 aromatic rings. The summed E-state index contributed by atoms with van der Waals surface area (Å²) in [6.07, 6.45) is 6.09. The van der Waals surface area contributed by atoms with Crippen LogP contribution in [0.5, 0.6) is 0 Å². The lowest BCUT2D eigenvalue weighted by molar-refractivity contribution is -0.136. The summed E-state index contributed by atoms with van der Waals surface area (Å²) < 4.78 is 0. The smallest absolute Gasteiger partial charge is 0.316 e. The molecule has 1 aliphatic carbocycles. The van der Waals surface area contributed by atoms with Crippen molar-refractivity contribution in [1.82, 2.24) is 0 Å². The van der Waals surface area contributed by atoms with Gasteiger partial charge in [0, 0.05) is 0 Å². The predicted molar refractivity (Wildman–Crippen MR) is 58.9 cm³/mol. The maximum atomic E-state index is 11.7. The van der Waals surface area contributed by atoms with Crippen molar-refractivity contribution in [3.05, 3.63) is 23.3 Å². The average molecular weight is 224 g/mol. The number of carboxylic acids is 1. The van der Waals surface area contributed by atoms with E-state index in [1.54, 1.807) is 0 Å². The number of allylic oxidation sites excluding steroid dienone is 4. The highest BCUT2D eigenvalue weighted by Gasteiger charge is 2.28. The van der Waals surface area contributed by atoms with Gasteiger partial charge in [0.05, 0.1) is 5.75 Å². The highest BCUT2D eigenvalue weighted by molar-refractivity contribution is 8.01. The van der Waals surface area contributed by atoms with Crippen LogP contribution in [0.1, 0.15) is 19.3 Å². The summed E-state index contributed by atoms with van der Waals surface area (Å²) in [5.74, 6) is -0.396. The van der Waals surface area contributed by atoms with E-state index in [0.29, 0.717) is 12.2 Å². The van der Waals surface area contributed by atoms with Crippen molar-refractivity contribution < 1.29 is 14.7 Å². The molecule has 1 heterocycles. The van der Waals surface area contributed by atoms with Gasteiger partial charge >= 0.3 is 5.97 Å². The van der Waals surface area contributed by atoms with Crippen LogP contribution in [-0.4, -0.2) is 27.9 Å². The molecule has 0 fully saturated rings. The van der Waals surface area contributed by atoms with Crippen LogP contribution in [0.25, 0.3) is 0 Å². The molecule has 1 aliphatic heterocycles. The molecule has 0 spiro atoms. The van der Waals surface area contributed by atoms with E-state index < -0.39 is 11.2 Å². The van der Waals surface area contributed by atoms with Gasteiger partial charge in [-0.3, -0.25) is 9.59 Å². The summed E-state index contributed by atoms with van der Waals surface area (Å²) in [5.41, 5.74) is 1.79. The number of carboxylic acid groups (broad SMARTS) is 1. The molecule has 0 saturated heterocycles. The van der Waals surface area contributed by atoms with Crippen LogP contribution in [0.2, 0.25) is 0 Å². The van der Waals surface area contributed by atoms with E-state index in [0.717, 1.165) is 24.0 Å². The van der Waals surface area contributed by atoms with Crippen LogP contribution < -0.4 is 0 Å². The first kappa shape index (κ1) is 10.5. The second-order valence-corrected chi connectivity index (χ2v) is 4.90. The van der Waals surface area contributed by atoms with Crippen molar-refractivity contribution >= 4 is 23.5 Å². The Hall–Kier alpha value is -1.03. The molecule has 0 saturated carbocycles. The Morgan fingerprint density at radius 3 is 3.07 bits per heavy atom. The molecule has 3 nitrogen and oxygen atoms in total. The normalized spacial score (nSPS) is 26.1. The summed E-state index contributed by atoms with van der Waals surface area (Å²) in [4.78, 5) is 22.6. The van der Waals surface area contributed by atoms with Gasteiger partial charge in [-0.25, -0.2) is 0 Å². The lowest BCUT2D eigenvalue weighted by atomic mass is 9.92. The minimum atomic E-state index is -0.819. The zero-order valence-corrected chi connectivity index (χ0v) is 9.05. The first-order valence-corrected chi connectivity index (χ1v) is 5.99. The molecule has 2 rings (SSSR count). The minimum absolute atomic E-state index is 0.114. The maximum Gasteiger partial charge on any atom is 0.316 e. The summed E-state index contributed by atoms with van der Waals surface area (Å²) >= 11 is 1.24. The molecule has 0 amide bonds. The van der Waals surface area contributed by atoms with Crippen molar-refractivity contribution in [3.63, 3.8) is 0 Å². The topological polar surface area (TPSA) is 54.4 Å². The van der Waals surface area contributed by atoms with Crippen molar-refractivity contribution in [2.45, 2.75) is 24.5 Å². The Morgan fingerprint density at radius 1 is 1.53 bits per heavy atom. The van der Waals surface area contributed by atoms with Gasteiger partial charge in [0.1, 0.15) is 5.25 Å². The molecule has 15 heavy (non-hydrogen) atoms. The summed E-state index contributed by atoms with van der Waals surface area (Å²) in [5, 5.41) is 8.49. The number of thioether (sulfide) groups is 1. The number of Topliss-reactive ketones (excluding diaryl/α,β-unsaturated/α-hetero) is 1. The molecule has 0 radical (unpaired) electrons. The number of rotatable bonds is 1. The third-order valence-electron chi connectivity index (χ3n) is 2.70. The number of carbonyl (C=O) groups excluding carboxylic acids is 1. The molecule has 0 aromatic carbocycles. The van der Waals surface area contributed by atoms with Crippen LogP contribution in [0.15, 0.2) is 23.3 Å². The van der Waals surface area contributed by atoms with E-state index in [1.165, 1.54) is 11.8 Å². The average Bonchev–Trinajstić information content (AvgIpc) is 2.39. The van der Waals surface area contributed by atoms with Crippen molar-refractivity contribution in [2.75, 3.05) is 5.75 Å². The van der Waals surface area contributed by atoms with Crippen LogP contribution in [0.4, 0.5) is 0 Å². The summed E-state index contributed by atoms with van der Waals surface area (Å²) in [6, 6.07) is 0. The molecule has 1 atom stereocenters. The molecule has 4 heteroatoms. The van der Waals surface area contributed by atoms with E-state index in [4.69, 9.17) is 5.11 Å². The van der Waals surface area contributed by atoms with Gasteiger partial charge in [0.25, 0.3) is 0 Å². The Labute approximate surface area is 92.2 Å². The third-order valence-corrected chi connectivity index (χ3v) is 3.90. The largest absolute Gasteiger partial charge is 0.480 e. The molecule has 80 valence electrons. The van der Waals surface area contributed by atoms with E-state index in [-0.39, 0.29) is 5.78 Å². The highest BCUT2D eigenvalue weighted by Crippen LogP contribution is 2.32. The number of carbonyl (C=O) groups is 2. The van der Waals surface area contributed by atoms with E-state index >= 15 is 0 Å². The Bertz CT molecular complexity index is 368. The second-order valence-electron chi connectivity index (χ2n) is 3.71. The summed E-state index contributed by atoms with van der Waals surface area (Å²) in [7, 11) is 0. The van der Waals surface area contributed by atoms with Gasteiger partial charge in [-0.15, -0.1) is 11.8 Å². The Morgan fingerprint density at radius 2 is 2.33 bits per heavy atom. The molecule has 0 aromatic heterocycles. The standard InChI is InChI=1S/C11H12O3S/c12-9-6-15-10(11(13)14)5-7-3-1-2-4-8(7)9/h1,3,10H,2,4-6H2,(H,13,14). The lowest BCUT2D eigenvalue weighted by Gasteiger charge is -2.12. The molecular formula is C11H12O3S. The van der Waals surface area contributed by atoms with Gasteiger partial charge in [0.2, 0.25) is 0 Å². The van der Waals surface area contributed by atoms with Crippen LogP contribution >= 0.6 is 11.8 Å². The van der Waals surface area contributed by atoms with Gasteiger partial charge in [0.15, 0.2) is 5.78 Å². The number of hydrogen-bond donors (Lipinski definition) is 1. The SMILES string of the molecule is O=C1CSC(C(=O)O)CC2=C1CCC=C2. The maximum absolute atomic E-state index is 11.7. The lowest BCUT2D eigenvalue weighted by Crippen LogP contribution is -2.16. The summed E-state index contributed by atoms with van der Waals surface area (Å²) in [6.45, 7) is 0. The molecule has 1 unspecified atom stereocenters. The van der Waals surface area contributed by atoms with Crippen molar-refractivity contribution in [2.24, 2.45) is 0 Å². The van der Waals surface area contributed by atoms with E-state index in [1.807, 2.05) is 12.2 Å². The molecule has 2 aliphatic rings. The van der Waals surface area contributed by atoms with Gasteiger partial charge in [-0.2, -0.15) is 0 Å². The van der Waals surface area contributed by atoms with Crippen LogP contribution in [0.3, 0.4) is 0 Å². The zero-order valence-electron chi connectivity index (χ0n) is 8.23. The fourth-order valence-corrected chi connectivity index (χ4v) is 2.87. The van der Waals surface area contributed by atoms with E-state index in [2.05, 4.69) is 0 Å².